The van der Waals surface area contributed by atoms with Crippen molar-refractivity contribution in [2.24, 2.45) is 0 Å². The lowest BCUT2D eigenvalue weighted by atomic mass is 10.1. The second-order valence-corrected chi connectivity index (χ2v) is 8.67. The molecule has 0 bridgehead atoms. The second-order valence-electron chi connectivity index (χ2n) is 5.56. The Balaban J connectivity index is 1.62. The second kappa shape index (κ2) is 8.12. The molecule has 0 aliphatic rings. The summed E-state index contributed by atoms with van der Waals surface area (Å²) in [6, 6.07) is 13.7. The number of nitrogens with zero attached hydrogens (tertiary/aromatic N) is 2. The SMILES string of the molecule is Cc1ccc(C)c(CSc2nnc(NC(=O)c3cccc(Br)c3)s2)c1. The summed E-state index contributed by atoms with van der Waals surface area (Å²) in [6.45, 7) is 4.20. The normalized spacial score (nSPS) is 10.7. The maximum absolute atomic E-state index is 12.2. The molecule has 0 spiro atoms. The largest absolute Gasteiger partial charge is 0.296 e. The molecule has 0 aliphatic carbocycles. The van der Waals surface area contributed by atoms with E-state index in [-0.39, 0.29) is 5.91 Å². The Kier molecular flexibility index (Phi) is 5.88. The zero-order valence-corrected chi connectivity index (χ0v) is 17.0. The molecule has 0 radical (unpaired) electrons. The third-order valence-corrected chi connectivity index (χ3v) is 6.08. The maximum Gasteiger partial charge on any atom is 0.257 e. The van der Waals surface area contributed by atoms with Gasteiger partial charge in [0.05, 0.1) is 0 Å². The highest BCUT2D eigenvalue weighted by Crippen LogP contribution is 2.29. The third kappa shape index (κ3) is 4.90. The van der Waals surface area contributed by atoms with Crippen LogP contribution in [0.4, 0.5) is 5.13 Å². The van der Waals surface area contributed by atoms with Gasteiger partial charge in [0.15, 0.2) is 4.34 Å². The molecule has 1 heterocycles. The first-order valence-electron chi connectivity index (χ1n) is 7.60. The zero-order valence-electron chi connectivity index (χ0n) is 13.7. The van der Waals surface area contributed by atoms with Crippen LogP contribution >= 0.6 is 39.0 Å². The topological polar surface area (TPSA) is 54.9 Å². The first-order chi connectivity index (χ1) is 12.0. The molecule has 1 N–H and O–H groups in total. The van der Waals surface area contributed by atoms with E-state index in [9.17, 15) is 4.79 Å². The van der Waals surface area contributed by atoms with Crippen molar-refractivity contribution >= 4 is 50.1 Å². The van der Waals surface area contributed by atoms with Gasteiger partial charge in [-0.3, -0.25) is 10.1 Å². The Morgan fingerprint density at radius 1 is 1.20 bits per heavy atom. The standard InChI is InChI=1S/C18H16BrN3OS2/c1-11-6-7-12(2)14(8-11)10-24-18-22-21-17(25-18)20-16(23)13-4-3-5-15(19)9-13/h3-9H,10H2,1-2H3,(H,20,21,23). The van der Waals surface area contributed by atoms with E-state index in [1.165, 1.54) is 28.0 Å². The highest BCUT2D eigenvalue weighted by atomic mass is 79.9. The predicted molar refractivity (Wildman–Crippen MR) is 107 cm³/mol. The Hall–Kier alpha value is -1.70. The molecule has 0 unspecified atom stereocenters. The van der Waals surface area contributed by atoms with Crippen molar-refractivity contribution in [2.45, 2.75) is 23.9 Å². The van der Waals surface area contributed by atoms with Crippen molar-refractivity contribution in [2.75, 3.05) is 5.32 Å². The van der Waals surface area contributed by atoms with Crippen LogP contribution in [0.25, 0.3) is 0 Å². The molecule has 1 aromatic heterocycles. The summed E-state index contributed by atoms with van der Waals surface area (Å²) in [6.07, 6.45) is 0. The Morgan fingerprint density at radius 2 is 2.04 bits per heavy atom. The molecule has 0 saturated heterocycles. The molecule has 0 atom stereocenters. The summed E-state index contributed by atoms with van der Waals surface area (Å²) >= 11 is 6.38. The molecule has 128 valence electrons. The van der Waals surface area contributed by atoms with Gasteiger partial charge in [-0.1, -0.05) is 68.9 Å². The van der Waals surface area contributed by atoms with Crippen molar-refractivity contribution in [3.05, 3.63) is 69.2 Å². The molecule has 1 amide bonds. The lowest BCUT2D eigenvalue weighted by Crippen LogP contribution is -2.11. The molecule has 2 aromatic carbocycles. The van der Waals surface area contributed by atoms with Gasteiger partial charge in [0.25, 0.3) is 5.91 Å². The first-order valence-corrected chi connectivity index (χ1v) is 10.2. The van der Waals surface area contributed by atoms with E-state index in [4.69, 9.17) is 0 Å². The Labute approximate surface area is 163 Å². The van der Waals surface area contributed by atoms with E-state index >= 15 is 0 Å². The van der Waals surface area contributed by atoms with Crippen LogP contribution in [0, 0.1) is 13.8 Å². The summed E-state index contributed by atoms with van der Waals surface area (Å²) in [7, 11) is 0. The van der Waals surface area contributed by atoms with E-state index in [1.807, 2.05) is 12.1 Å². The van der Waals surface area contributed by atoms with Crippen molar-refractivity contribution in [1.82, 2.24) is 10.2 Å². The van der Waals surface area contributed by atoms with E-state index in [2.05, 4.69) is 63.5 Å². The van der Waals surface area contributed by atoms with Gasteiger partial charge in [0, 0.05) is 15.8 Å². The number of nitrogens with one attached hydrogen (secondary N) is 1. The van der Waals surface area contributed by atoms with Crippen LogP contribution in [0.15, 0.2) is 51.3 Å². The maximum atomic E-state index is 12.2. The molecular formula is C18H16BrN3OS2. The highest BCUT2D eigenvalue weighted by molar-refractivity contribution is 9.10. The van der Waals surface area contributed by atoms with Crippen LogP contribution in [0.3, 0.4) is 0 Å². The minimum atomic E-state index is -0.191. The number of rotatable bonds is 5. The van der Waals surface area contributed by atoms with Crippen LogP contribution in [0.5, 0.6) is 0 Å². The van der Waals surface area contributed by atoms with Crippen LogP contribution in [0.2, 0.25) is 0 Å². The number of amides is 1. The predicted octanol–water partition coefficient (Wildman–Crippen LogP) is 5.46. The number of benzene rings is 2. The van der Waals surface area contributed by atoms with Gasteiger partial charge in [0.2, 0.25) is 5.13 Å². The molecule has 4 nitrogen and oxygen atoms in total. The number of aryl methyl sites for hydroxylation is 2. The fourth-order valence-electron chi connectivity index (χ4n) is 2.21. The van der Waals surface area contributed by atoms with E-state index in [1.54, 1.807) is 23.9 Å². The van der Waals surface area contributed by atoms with Crippen LogP contribution in [-0.4, -0.2) is 16.1 Å². The van der Waals surface area contributed by atoms with E-state index in [0.29, 0.717) is 10.7 Å². The van der Waals surface area contributed by atoms with Gasteiger partial charge in [-0.25, -0.2) is 0 Å². The van der Waals surface area contributed by atoms with E-state index in [0.717, 1.165) is 14.6 Å². The zero-order chi connectivity index (χ0) is 17.8. The Bertz CT molecular complexity index is 911. The highest BCUT2D eigenvalue weighted by Gasteiger charge is 2.11. The fraction of sp³-hybridized carbons (Fsp3) is 0.167. The first kappa shape index (κ1) is 18.1. The number of carbonyl (C=O) groups is 1. The molecule has 3 rings (SSSR count). The van der Waals surface area contributed by atoms with E-state index < -0.39 is 0 Å². The van der Waals surface area contributed by atoms with Crippen LogP contribution < -0.4 is 5.32 Å². The van der Waals surface area contributed by atoms with Crippen molar-refractivity contribution in [3.63, 3.8) is 0 Å². The summed E-state index contributed by atoms with van der Waals surface area (Å²) in [5, 5.41) is 11.5. The van der Waals surface area contributed by atoms with Gasteiger partial charge in [-0.15, -0.1) is 10.2 Å². The minimum Gasteiger partial charge on any atom is -0.296 e. The van der Waals surface area contributed by atoms with Crippen molar-refractivity contribution in [3.8, 4) is 0 Å². The monoisotopic (exact) mass is 433 g/mol. The van der Waals surface area contributed by atoms with Gasteiger partial charge in [-0.2, -0.15) is 0 Å². The molecule has 0 fully saturated rings. The van der Waals surface area contributed by atoms with Gasteiger partial charge >= 0.3 is 0 Å². The van der Waals surface area contributed by atoms with Gasteiger partial charge in [0.1, 0.15) is 0 Å². The number of hydrogen-bond donors (Lipinski definition) is 1. The lowest BCUT2D eigenvalue weighted by molar-refractivity contribution is 0.102. The Morgan fingerprint density at radius 3 is 2.84 bits per heavy atom. The molecule has 7 heteroatoms. The number of anilines is 1. The smallest absolute Gasteiger partial charge is 0.257 e. The fourth-order valence-corrected chi connectivity index (χ4v) is 4.42. The summed E-state index contributed by atoms with van der Waals surface area (Å²) in [5.74, 6) is 0.644. The minimum absolute atomic E-state index is 0.191. The lowest BCUT2D eigenvalue weighted by Gasteiger charge is -2.05. The third-order valence-electron chi connectivity index (χ3n) is 3.57. The molecular weight excluding hydrogens is 418 g/mol. The summed E-state index contributed by atoms with van der Waals surface area (Å²) < 4.78 is 1.70. The van der Waals surface area contributed by atoms with Crippen molar-refractivity contribution in [1.29, 1.82) is 0 Å². The molecule has 0 saturated carbocycles. The van der Waals surface area contributed by atoms with Crippen molar-refractivity contribution < 1.29 is 4.79 Å². The van der Waals surface area contributed by atoms with Crippen LogP contribution in [0.1, 0.15) is 27.0 Å². The van der Waals surface area contributed by atoms with Crippen LogP contribution in [-0.2, 0) is 5.75 Å². The van der Waals surface area contributed by atoms with Gasteiger partial charge in [-0.05, 0) is 43.2 Å². The number of hydrogen-bond acceptors (Lipinski definition) is 5. The van der Waals surface area contributed by atoms with Gasteiger partial charge < -0.3 is 0 Å². The molecule has 25 heavy (non-hydrogen) atoms. The molecule has 3 aromatic rings. The summed E-state index contributed by atoms with van der Waals surface area (Å²) in [4.78, 5) is 12.2. The average Bonchev–Trinajstić information content (AvgIpc) is 3.03. The number of thioether (sulfide) groups is 1. The number of carbonyl (C=O) groups excluding carboxylic acids is 1. The number of halogens is 1. The quantitative estimate of drug-likeness (QED) is 0.428. The molecule has 0 aliphatic heterocycles. The summed E-state index contributed by atoms with van der Waals surface area (Å²) in [5.41, 5.74) is 4.39. The average molecular weight is 434 g/mol. The number of aromatic nitrogens is 2.